The molecule has 4 rings (SSSR count). The summed E-state index contributed by atoms with van der Waals surface area (Å²) in [6, 6.07) is 18.4. The van der Waals surface area contributed by atoms with Gasteiger partial charge in [0.2, 0.25) is 0 Å². The molecule has 0 radical (unpaired) electrons. The number of H-pyrrole nitrogens is 1. The van der Waals surface area contributed by atoms with Crippen LogP contribution in [0.5, 0.6) is 5.75 Å². The molecule has 3 atom stereocenters. The number of aliphatic carboxylic acids is 1. The summed E-state index contributed by atoms with van der Waals surface area (Å²) in [6.45, 7) is 1.86. The third-order valence-corrected chi connectivity index (χ3v) is 5.95. The van der Waals surface area contributed by atoms with Crippen LogP contribution in [0.2, 0.25) is 0 Å². The van der Waals surface area contributed by atoms with Crippen molar-refractivity contribution in [1.29, 1.82) is 0 Å². The van der Waals surface area contributed by atoms with Gasteiger partial charge in [-0.05, 0) is 67.3 Å². The number of benzene rings is 2. The molecule has 0 amide bonds. The Bertz CT molecular complexity index is 984. The average molecular weight is 420 g/mol. The van der Waals surface area contributed by atoms with Crippen molar-refractivity contribution in [2.24, 2.45) is 5.92 Å². The molecule has 31 heavy (non-hydrogen) atoms. The van der Waals surface area contributed by atoms with E-state index in [4.69, 9.17) is 14.6 Å². The summed E-state index contributed by atoms with van der Waals surface area (Å²) in [4.78, 5) is 14.0. The zero-order valence-electron chi connectivity index (χ0n) is 17.8. The molecule has 0 saturated heterocycles. The fraction of sp³-hybridized carbons (Fsp3) is 0.346. The Balaban J connectivity index is 1.41. The van der Waals surface area contributed by atoms with Crippen molar-refractivity contribution in [3.63, 3.8) is 0 Å². The molecule has 162 valence electrons. The van der Waals surface area contributed by atoms with Crippen molar-refractivity contribution in [3.8, 4) is 5.75 Å². The molecule has 3 aromatic rings. The lowest BCUT2D eigenvalue weighted by atomic mass is 9.81. The molecule has 5 nitrogen and oxygen atoms in total. The number of fused-ring (bicyclic) bond motifs is 1. The maximum absolute atomic E-state index is 10.8. The van der Waals surface area contributed by atoms with Crippen LogP contribution >= 0.6 is 0 Å². The number of nitrogens with one attached hydrogen (secondary N) is 1. The minimum Gasteiger partial charge on any atom is -0.482 e. The fourth-order valence-corrected chi connectivity index (χ4v) is 4.56. The second-order valence-corrected chi connectivity index (χ2v) is 8.30. The van der Waals surface area contributed by atoms with Gasteiger partial charge < -0.3 is 19.6 Å². The third kappa shape index (κ3) is 5.36. The first kappa shape index (κ1) is 21.2. The molecule has 1 aliphatic carbocycles. The van der Waals surface area contributed by atoms with Crippen LogP contribution in [0.15, 0.2) is 67.0 Å². The number of aromatic amines is 1. The number of carbonyl (C=O) groups is 1. The van der Waals surface area contributed by atoms with E-state index in [9.17, 15) is 4.79 Å². The van der Waals surface area contributed by atoms with Crippen LogP contribution in [0.4, 0.5) is 0 Å². The molecule has 5 heteroatoms. The van der Waals surface area contributed by atoms with Crippen LogP contribution in [-0.2, 0) is 22.4 Å². The first-order chi connectivity index (χ1) is 15.1. The number of hydrogen-bond acceptors (Lipinski definition) is 3. The summed E-state index contributed by atoms with van der Waals surface area (Å²) in [5.74, 6) is 0.284. The van der Waals surface area contributed by atoms with Crippen LogP contribution < -0.4 is 4.74 Å². The monoisotopic (exact) mass is 419 g/mol. The molecule has 2 N–H and O–H groups in total. The van der Waals surface area contributed by atoms with Crippen molar-refractivity contribution in [2.45, 2.75) is 44.8 Å². The summed E-state index contributed by atoms with van der Waals surface area (Å²) in [6.07, 6.45) is 7.85. The number of rotatable bonds is 9. The van der Waals surface area contributed by atoms with Gasteiger partial charge in [0.15, 0.2) is 6.61 Å². The standard InChI is InChI=1S/C26H29NO4/c1-18(31-26(22-12-13-27-16-22)20-6-3-2-4-7-20)14-19-10-11-23-21(15-19)8-5-9-24(23)30-17-25(28)29/h2-9,12-13,16,18-19,26-27H,10-11,14-15,17H2,1H3,(H,28,29). The van der Waals surface area contributed by atoms with Gasteiger partial charge in [-0.15, -0.1) is 0 Å². The van der Waals surface area contributed by atoms with Gasteiger partial charge in [-0.25, -0.2) is 4.79 Å². The lowest BCUT2D eigenvalue weighted by Crippen LogP contribution is -2.23. The first-order valence-corrected chi connectivity index (χ1v) is 10.9. The third-order valence-electron chi connectivity index (χ3n) is 5.95. The van der Waals surface area contributed by atoms with Gasteiger partial charge in [0.1, 0.15) is 11.9 Å². The van der Waals surface area contributed by atoms with E-state index in [1.807, 2.05) is 42.7 Å². The highest BCUT2D eigenvalue weighted by atomic mass is 16.5. The predicted molar refractivity (Wildman–Crippen MR) is 119 cm³/mol. The van der Waals surface area contributed by atoms with Gasteiger partial charge in [-0.1, -0.05) is 42.5 Å². The van der Waals surface area contributed by atoms with E-state index in [1.165, 1.54) is 5.56 Å². The van der Waals surface area contributed by atoms with E-state index in [0.717, 1.165) is 42.4 Å². The van der Waals surface area contributed by atoms with Gasteiger partial charge in [-0.2, -0.15) is 0 Å². The van der Waals surface area contributed by atoms with Crippen LogP contribution in [0.1, 0.15) is 48.1 Å². The number of carboxylic acid groups (broad SMARTS) is 1. The van der Waals surface area contributed by atoms with Crippen LogP contribution in [0.25, 0.3) is 0 Å². The lowest BCUT2D eigenvalue weighted by molar-refractivity contribution is -0.139. The number of aromatic nitrogens is 1. The second kappa shape index (κ2) is 9.84. The quantitative estimate of drug-likeness (QED) is 0.502. The SMILES string of the molecule is CC(CC1CCc2c(cccc2OCC(=O)O)C1)OC(c1ccccc1)c1cc[nH]c1. The molecule has 1 aromatic heterocycles. The normalized spacial score (nSPS) is 17.5. The maximum Gasteiger partial charge on any atom is 0.341 e. The van der Waals surface area contributed by atoms with Crippen LogP contribution in [-0.4, -0.2) is 28.8 Å². The van der Waals surface area contributed by atoms with Crippen molar-refractivity contribution in [3.05, 3.63) is 89.2 Å². The Morgan fingerprint density at radius 2 is 1.97 bits per heavy atom. The Morgan fingerprint density at radius 3 is 2.71 bits per heavy atom. The maximum atomic E-state index is 10.8. The fourth-order valence-electron chi connectivity index (χ4n) is 4.56. The highest BCUT2D eigenvalue weighted by Gasteiger charge is 2.25. The van der Waals surface area contributed by atoms with Gasteiger partial charge >= 0.3 is 5.97 Å². The smallest absolute Gasteiger partial charge is 0.341 e. The number of ether oxygens (including phenoxy) is 2. The first-order valence-electron chi connectivity index (χ1n) is 10.9. The highest BCUT2D eigenvalue weighted by molar-refractivity contribution is 5.68. The van der Waals surface area contributed by atoms with E-state index < -0.39 is 5.97 Å². The summed E-state index contributed by atoms with van der Waals surface area (Å²) >= 11 is 0. The van der Waals surface area contributed by atoms with E-state index in [-0.39, 0.29) is 18.8 Å². The Labute approximate surface area is 183 Å². The molecule has 0 aliphatic heterocycles. The average Bonchev–Trinajstić information content (AvgIpc) is 3.31. The minimum absolute atomic E-state index is 0.0886. The molecule has 0 fully saturated rings. The summed E-state index contributed by atoms with van der Waals surface area (Å²) < 4.78 is 12.0. The molecule has 1 heterocycles. The summed E-state index contributed by atoms with van der Waals surface area (Å²) in [5, 5.41) is 8.90. The largest absolute Gasteiger partial charge is 0.482 e. The summed E-state index contributed by atoms with van der Waals surface area (Å²) in [7, 11) is 0. The van der Waals surface area contributed by atoms with E-state index >= 15 is 0 Å². The minimum atomic E-state index is -0.951. The van der Waals surface area contributed by atoms with Crippen LogP contribution in [0, 0.1) is 5.92 Å². The lowest BCUT2D eigenvalue weighted by Gasteiger charge is -2.30. The molecule has 0 saturated carbocycles. The molecule has 1 aliphatic rings. The predicted octanol–water partition coefficient (Wildman–Crippen LogP) is 5.17. The Morgan fingerprint density at radius 1 is 1.13 bits per heavy atom. The number of carboxylic acids is 1. The van der Waals surface area contributed by atoms with Crippen molar-refractivity contribution >= 4 is 5.97 Å². The molecule has 3 unspecified atom stereocenters. The molecular weight excluding hydrogens is 390 g/mol. The second-order valence-electron chi connectivity index (χ2n) is 8.30. The zero-order chi connectivity index (χ0) is 21.6. The number of hydrogen-bond donors (Lipinski definition) is 2. The molecule has 2 aromatic carbocycles. The van der Waals surface area contributed by atoms with E-state index in [2.05, 4.69) is 36.2 Å². The topological polar surface area (TPSA) is 71.6 Å². The molecule has 0 spiro atoms. The van der Waals surface area contributed by atoms with Gasteiger partial charge in [0.25, 0.3) is 0 Å². The zero-order valence-corrected chi connectivity index (χ0v) is 17.8. The van der Waals surface area contributed by atoms with Crippen molar-refractivity contribution in [1.82, 2.24) is 4.98 Å². The highest BCUT2D eigenvalue weighted by Crippen LogP contribution is 2.35. The van der Waals surface area contributed by atoms with Gasteiger partial charge in [-0.3, -0.25) is 0 Å². The van der Waals surface area contributed by atoms with Crippen molar-refractivity contribution in [2.75, 3.05) is 6.61 Å². The van der Waals surface area contributed by atoms with Crippen LogP contribution in [0.3, 0.4) is 0 Å². The van der Waals surface area contributed by atoms with E-state index in [0.29, 0.717) is 11.7 Å². The van der Waals surface area contributed by atoms with E-state index in [1.54, 1.807) is 0 Å². The van der Waals surface area contributed by atoms with Crippen molar-refractivity contribution < 1.29 is 19.4 Å². The van der Waals surface area contributed by atoms with Gasteiger partial charge in [0, 0.05) is 18.0 Å². The Kier molecular flexibility index (Phi) is 6.73. The summed E-state index contributed by atoms with van der Waals surface area (Å²) in [5.41, 5.74) is 4.70. The van der Waals surface area contributed by atoms with Gasteiger partial charge in [0.05, 0.1) is 6.10 Å². The molecular formula is C26H29NO4. The Hall–Kier alpha value is -3.05. The molecule has 0 bridgehead atoms.